The minimum absolute atomic E-state index is 0.235. The summed E-state index contributed by atoms with van der Waals surface area (Å²) in [6.07, 6.45) is 15.4. The van der Waals surface area contributed by atoms with Crippen LogP contribution in [0.15, 0.2) is 98.1 Å². The van der Waals surface area contributed by atoms with Crippen LogP contribution < -0.4 is 10.6 Å². The lowest BCUT2D eigenvalue weighted by atomic mass is 10.3. The molecule has 0 fully saturated rings. The summed E-state index contributed by atoms with van der Waals surface area (Å²) in [5.41, 5.74) is 1.59. The van der Waals surface area contributed by atoms with E-state index in [1.165, 1.54) is 0 Å². The third kappa shape index (κ3) is 8.06. The van der Waals surface area contributed by atoms with Crippen LogP contribution in [0.25, 0.3) is 0 Å². The number of hydrogen-bond acceptors (Lipinski definition) is 2. The maximum absolute atomic E-state index is 12.0. The SMILES string of the molecule is C=C/C=C\C(=C/C)NC(=C)C(=O)NC(/C=C\C=C)=C/C=C. The molecule has 0 heterocycles. The van der Waals surface area contributed by atoms with Crippen molar-refractivity contribution in [3.8, 4) is 0 Å². The van der Waals surface area contributed by atoms with Gasteiger partial charge in [-0.15, -0.1) is 0 Å². The molecule has 0 unspecified atom stereocenters. The van der Waals surface area contributed by atoms with E-state index in [2.05, 4.69) is 36.9 Å². The van der Waals surface area contributed by atoms with Gasteiger partial charge in [0, 0.05) is 11.4 Å². The standard InChI is InChI=1S/C18H22N2O/c1-6-10-13-16(9-4)19-15(5)18(21)20-17(12-8-3)14-11-7-2/h6-14,19H,1-3,5H2,4H3,(H,20,21)/b13-10-,14-11-,16-9+,17-12+. The minimum Gasteiger partial charge on any atom is -0.352 e. The summed E-state index contributed by atoms with van der Waals surface area (Å²) in [5, 5.41) is 5.65. The molecule has 0 saturated heterocycles. The van der Waals surface area contributed by atoms with Crippen molar-refractivity contribution in [3.63, 3.8) is 0 Å². The zero-order valence-electron chi connectivity index (χ0n) is 12.4. The fraction of sp³-hybridized carbons (Fsp3) is 0.0556. The average Bonchev–Trinajstić information content (AvgIpc) is 2.48. The van der Waals surface area contributed by atoms with Crippen LogP contribution in [0, 0.1) is 0 Å². The second-order valence-corrected chi connectivity index (χ2v) is 3.85. The molecule has 0 bridgehead atoms. The Labute approximate surface area is 127 Å². The Hall–Kier alpha value is -2.81. The molecule has 110 valence electrons. The molecule has 0 aliphatic carbocycles. The van der Waals surface area contributed by atoms with Gasteiger partial charge in [0.15, 0.2) is 0 Å². The van der Waals surface area contributed by atoms with E-state index >= 15 is 0 Å². The molecular weight excluding hydrogens is 260 g/mol. The number of carbonyl (C=O) groups excluding carboxylic acids is 1. The van der Waals surface area contributed by atoms with Gasteiger partial charge >= 0.3 is 0 Å². The van der Waals surface area contributed by atoms with Crippen molar-refractivity contribution in [1.82, 2.24) is 10.6 Å². The van der Waals surface area contributed by atoms with Crippen molar-refractivity contribution in [2.24, 2.45) is 0 Å². The Morgan fingerprint density at radius 2 is 1.48 bits per heavy atom. The van der Waals surface area contributed by atoms with Crippen molar-refractivity contribution in [1.29, 1.82) is 0 Å². The molecule has 3 nitrogen and oxygen atoms in total. The van der Waals surface area contributed by atoms with Crippen LogP contribution in [0.5, 0.6) is 0 Å². The Morgan fingerprint density at radius 3 is 1.95 bits per heavy atom. The van der Waals surface area contributed by atoms with Gasteiger partial charge in [0.1, 0.15) is 0 Å². The van der Waals surface area contributed by atoms with Crippen LogP contribution in [0.4, 0.5) is 0 Å². The largest absolute Gasteiger partial charge is 0.352 e. The average molecular weight is 282 g/mol. The van der Waals surface area contributed by atoms with Gasteiger partial charge in [-0.25, -0.2) is 0 Å². The number of rotatable bonds is 9. The van der Waals surface area contributed by atoms with Gasteiger partial charge in [0.05, 0.1) is 5.70 Å². The summed E-state index contributed by atoms with van der Waals surface area (Å²) >= 11 is 0. The molecule has 0 radical (unpaired) electrons. The fourth-order valence-electron chi connectivity index (χ4n) is 1.26. The molecule has 0 aliphatic rings. The minimum atomic E-state index is -0.330. The van der Waals surface area contributed by atoms with Crippen LogP contribution in [-0.4, -0.2) is 5.91 Å². The molecule has 1 amide bonds. The quantitative estimate of drug-likeness (QED) is 0.500. The first-order valence-corrected chi connectivity index (χ1v) is 6.43. The first kappa shape index (κ1) is 18.2. The first-order valence-electron chi connectivity index (χ1n) is 6.43. The number of allylic oxidation sites excluding steroid dienone is 9. The maximum atomic E-state index is 12.0. The topological polar surface area (TPSA) is 41.1 Å². The zero-order chi connectivity index (χ0) is 16.1. The highest BCUT2D eigenvalue weighted by molar-refractivity contribution is 5.94. The molecular formula is C18H22N2O. The summed E-state index contributed by atoms with van der Waals surface area (Å²) in [6.45, 7) is 16.4. The highest BCUT2D eigenvalue weighted by Crippen LogP contribution is 2.00. The van der Waals surface area contributed by atoms with E-state index in [0.29, 0.717) is 5.70 Å². The van der Waals surface area contributed by atoms with Crippen molar-refractivity contribution in [2.45, 2.75) is 6.92 Å². The maximum Gasteiger partial charge on any atom is 0.271 e. The van der Waals surface area contributed by atoms with Gasteiger partial charge in [-0.05, 0) is 25.2 Å². The molecule has 21 heavy (non-hydrogen) atoms. The first-order chi connectivity index (χ1) is 10.1. The molecule has 0 rings (SSSR count). The van der Waals surface area contributed by atoms with Gasteiger partial charge < -0.3 is 10.6 Å². The Balaban J connectivity index is 4.81. The van der Waals surface area contributed by atoms with E-state index in [1.54, 1.807) is 48.6 Å². The van der Waals surface area contributed by atoms with E-state index in [-0.39, 0.29) is 11.6 Å². The summed E-state index contributed by atoms with van der Waals surface area (Å²) < 4.78 is 0. The van der Waals surface area contributed by atoms with Crippen molar-refractivity contribution >= 4 is 5.91 Å². The summed E-state index contributed by atoms with van der Waals surface area (Å²) in [7, 11) is 0. The van der Waals surface area contributed by atoms with Gasteiger partial charge in [0.2, 0.25) is 0 Å². The third-order valence-corrected chi connectivity index (χ3v) is 2.26. The Kier molecular flexibility index (Phi) is 9.57. The lowest BCUT2D eigenvalue weighted by Gasteiger charge is -2.11. The molecule has 0 saturated carbocycles. The van der Waals surface area contributed by atoms with E-state index in [0.717, 1.165) is 5.70 Å². The Morgan fingerprint density at radius 1 is 0.905 bits per heavy atom. The predicted molar refractivity (Wildman–Crippen MR) is 91.1 cm³/mol. The molecule has 0 aromatic rings. The van der Waals surface area contributed by atoms with E-state index in [4.69, 9.17) is 0 Å². The molecule has 0 aromatic carbocycles. The second-order valence-electron chi connectivity index (χ2n) is 3.85. The molecule has 0 aliphatic heterocycles. The summed E-state index contributed by atoms with van der Waals surface area (Å²) in [4.78, 5) is 12.0. The van der Waals surface area contributed by atoms with Crippen molar-refractivity contribution in [2.75, 3.05) is 0 Å². The zero-order valence-corrected chi connectivity index (χ0v) is 12.4. The number of amides is 1. The van der Waals surface area contributed by atoms with Gasteiger partial charge in [-0.2, -0.15) is 0 Å². The smallest absolute Gasteiger partial charge is 0.271 e. The number of nitrogens with one attached hydrogen (secondary N) is 2. The van der Waals surface area contributed by atoms with E-state index < -0.39 is 0 Å². The summed E-state index contributed by atoms with van der Waals surface area (Å²) in [6, 6.07) is 0. The van der Waals surface area contributed by atoms with E-state index in [1.807, 2.05) is 13.0 Å². The fourth-order valence-corrected chi connectivity index (χ4v) is 1.26. The van der Waals surface area contributed by atoms with Crippen LogP contribution >= 0.6 is 0 Å². The third-order valence-electron chi connectivity index (χ3n) is 2.26. The highest BCUT2D eigenvalue weighted by atomic mass is 16.2. The van der Waals surface area contributed by atoms with Crippen LogP contribution in [-0.2, 0) is 4.79 Å². The van der Waals surface area contributed by atoms with Gasteiger partial charge in [-0.3, -0.25) is 4.79 Å². The number of carbonyl (C=O) groups is 1. The van der Waals surface area contributed by atoms with Gasteiger partial charge in [0.25, 0.3) is 5.91 Å². The van der Waals surface area contributed by atoms with Crippen molar-refractivity contribution in [3.05, 3.63) is 98.1 Å². The molecule has 3 heteroatoms. The predicted octanol–water partition coefficient (Wildman–Crippen LogP) is 3.66. The second kappa shape index (κ2) is 11.1. The molecule has 0 aromatic heterocycles. The van der Waals surface area contributed by atoms with Gasteiger partial charge in [-0.1, -0.05) is 62.8 Å². The molecule has 0 atom stereocenters. The monoisotopic (exact) mass is 282 g/mol. The normalized spacial score (nSPS) is 12.2. The highest BCUT2D eigenvalue weighted by Gasteiger charge is 2.07. The lowest BCUT2D eigenvalue weighted by molar-refractivity contribution is -0.117. The lowest BCUT2D eigenvalue weighted by Crippen LogP contribution is -2.29. The molecule has 0 spiro atoms. The number of hydrogen-bond donors (Lipinski definition) is 2. The Bertz CT molecular complexity index is 531. The van der Waals surface area contributed by atoms with Crippen LogP contribution in [0.2, 0.25) is 0 Å². The van der Waals surface area contributed by atoms with Crippen LogP contribution in [0.3, 0.4) is 0 Å². The molecule has 2 N–H and O–H groups in total. The van der Waals surface area contributed by atoms with Crippen molar-refractivity contribution < 1.29 is 4.79 Å². The van der Waals surface area contributed by atoms with Crippen LogP contribution in [0.1, 0.15) is 6.92 Å². The summed E-state index contributed by atoms with van der Waals surface area (Å²) in [5.74, 6) is -0.330. The van der Waals surface area contributed by atoms with E-state index in [9.17, 15) is 4.79 Å².